The second-order valence-electron chi connectivity index (χ2n) is 9.25. The van der Waals surface area contributed by atoms with E-state index >= 15 is 0 Å². The maximum atomic E-state index is 13.1. The average molecular weight is 411 g/mol. The Morgan fingerprint density at radius 3 is 2.34 bits per heavy atom. The summed E-state index contributed by atoms with van der Waals surface area (Å²) in [5.74, 6) is -2.31. The fourth-order valence-electron chi connectivity index (χ4n) is 3.88. The molecule has 7 nitrogen and oxygen atoms in total. The number of hydrogen-bond donors (Lipinski definition) is 0. The third-order valence-corrected chi connectivity index (χ3v) is 5.32. The van der Waals surface area contributed by atoms with Gasteiger partial charge in [0.25, 0.3) is 0 Å². The van der Waals surface area contributed by atoms with Gasteiger partial charge in [-0.2, -0.15) is 0 Å². The van der Waals surface area contributed by atoms with Gasteiger partial charge >= 0.3 is 5.97 Å². The molecule has 0 aromatic carbocycles. The quantitative estimate of drug-likeness (QED) is 0.490. The number of carbonyl (C=O) groups is 1. The third kappa shape index (κ3) is 5.09. The van der Waals surface area contributed by atoms with E-state index < -0.39 is 42.1 Å². The molecule has 3 rings (SSSR count). The van der Waals surface area contributed by atoms with E-state index in [1.807, 2.05) is 54.5 Å². The lowest BCUT2D eigenvalue weighted by Gasteiger charge is -2.29. The highest BCUT2D eigenvalue weighted by Crippen LogP contribution is 2.42. The van der Waals surface area contributed by atoms with Crippen LogP contribution in [-0.2, 0) is 33.2 Å². The minimum atomic E-state index is -0.812. The maximum absolute atomic E-state index is 13.1. The summed E-state index contributed by atoms with van der Waals surface area (Å²) in [6.07, 6.45) is -0.180. The molecule has 164 valence electrons. The molecule has 3 aliphatic rings. The van der Waals surface area contributed by atoms with Crippen molar-refractivity contribution in [2.45, 2.75) is 97.2 Å². The Labute approximate surface area is 173 Å². The molecule has 0 saturated carbocycles. The largest absolute Gasteiger partial charge is 0.456 e. The summed E-state index contributed by atoms with van der Waals surface area (Å²) < 4.78 is 35.6. The first-order chi connectivity index (χ1) is 13.4. The van der Waals surface area contributed by atoms with Crippen LogP contribution in [0.15, 0.2) is 23.8 Å². The fourth-order valence-corrected chi connectivity index (χ4v) is 3.88. The topological polar surface area (TPSA) is 72.5 Å². The van der Waals surface area contributed by atoms with Crippen LogP contribution in [0.5, 0.6) is 0 Å². The standard InChI is InChI=1S/C22H34O7/c1-12(2)9-10-14(13(3)4)19(23)25-17-16(15-11-24-21(5,6)27-15)26-20-18(17)28-22(7,8)29-20/h9,14-18,20H,3,10-11H2,1-2,4-8H3/t14-,15-,16-,17+,18-,20-/m1/s1. The van der Waals surface area contributed by atoms with E-state index in [0.717, 1.165) is 11.1 Å². The van der Waals surface area contributed by atoms with Crippen LogP contribution < -0.4 is 0 Å². The fraction of sp³-hybridized carbons (Fsp3) is 0.773. The van der Waals surface area contributed by atoms with Gasteiger partial charge in [0, 0.05) is 0 Å². The van der Waals surface area contributed by atoms with E-state index in [0.29, 0.717) is 13.0 Å². The second kappa shape index (κ2) is 8.12. The highest BCUT2D eigenvalue weighted by molar-refractivity contribution is 5.76. The van der Waals surface area contributed by atoms with Crippen molar-refractivity contribution in [1.82, 2.24) is 0 Å². The van der Waals surface area contributed by atoms with Crippen LogP contribution in [-0.4, -0.2) is 54.9 Å². The predicted molar refractivity (Wildman–Crippen MR) is 106 cm³/mol. The lowest BCUT2D eigenvalue weighted by atomic mass is 9.96. The lowest BCUT2D eigenvalue weighted by Crippen LogP contribution is -2.45. The van der Waals surface area contributed by atoms with Gasteiger partial charge in [-0.3, -0.25) is 4.79 Å². The van der Waals surface area contributed by atoms with Crippen molar-refractivity contribution >= 4 is 5.97 Å². The molecule has 0 amide bonds. The molecule has 3 aliphatic heterocycles. The number of carbonyl (C=O) groups excluding carboxylic acids is 1. The van der Waals surface area contributed by atoms with E-state index in [4.69, 9.17) is 28.4 Å². The Morgan fingerprint density at radius 2 is 1.79 bits per heavy atom. The molecule has 0 aliphatic carbocycles. The molecule has 0 N–H and O–H groups in total. The van der Waals surface area contributed by atoms with Crippen molar-refractivity contribution in [3.05, 3.63) is 23.8 Å². The zero-order valence-electron chi connectivity index (χ0n) is 18.5. The molecule has 3 saturated heterocycles. The van der Waals surface area contributed by atoms with Crippen molar-refractivity contribution in [3.8, 4) is 0 Å². The SMILES string of the molecule is C=C(C)[C@@H](CC=C(C)C)C(=O)O[C@@H]1[C@H]2OC(C)(C)O[C@H]2O[C@@H]1[C@H]1COC(C)(C)O1. The minimum absolute atomic E-state index is 0.343. The summed E-state index contributed by atoms with van der Waals surface area (Å²) in [4.78, 5) is 13.1. The van der Waals surface area contributed by atoms with Gasteiger partial charge in [0.1, 0.15) is 12.2 Å². The molecular formula is C22H34O7. The van der Waals surface area contributed by atoms with Gasteiger partial charge in [-0.1, -0.05) is 23.8 Å². The van der Waals surface area contributed by atoms with Gasteiger partial charge in [0.2, 0.25) is 0 Å². The van der Waals surface area contributed by atoms with Gasteiger partial charge in [-0.15, -0.1) is 0 Å². The molecule has 0 spiro atoms. The summed E-state index contributed by atoms with van der Waals surface area (Å²) in [7, 11) is 0. The lowest BCUT2D eigenvalue weighted by molar-refractivity contribution is -0.235. The first kappa shape index (κ1) is 22.4. The summed E-state index contributed by atoms with van der Waals surface area (Å²) in [5, 5.41) is 0. The molecule has 7 heteroatoms. The summed E-state index contributed by atoms with van der Waals surface area (Å²) >= 11 is 0. The molecular weight excluding hydrogens is 376 g/mol. The Balaban J connectivity index is 1.78. The molecule has 3 fully saturated rings. The van der Waals surface area contributed by atoms with Crippen molar-refractivity contribution in [3.63, 3.8) is 0 Å². The molecule has 0 bridgehead atoms. The molecule has 0 aromatic heterocycles. The Morgan fingerprint density at radius 1 is 1.10 bits per heavy atom. The van der Waals surface area contributed by atoms with Crippen LogP contribution in [0, 0.1) is 5.92 Å². The molecule has 29 heavy (non-hydrogen) atoms. The van der Waals surface area contributed by atoms with E-state index in [1.54, 1.807) is 0 Å². The zero-order chi connectivity index (χ0) is 21.6. The van der Waals surface area contributed by atoms with E-state index in [1.165, 1.54) is 0 Å². The maximum Gasteiger partial charge on any atom is 0.313 e. The normalized spacial score (nSPS) is 35.8. The number of rotatable bonds is 6. The minimum Gasteiger partial charge on any atom is -0.456 e. The number of hydrogen-bond acceptors (Lipinski definition) is 7. The number of allylic oxidation sites excluding steroid dienone is 2. The molecule has 0 aromatic rings. The highest BCUT2D eigenvalue weighted by atomic mass is 16.8. The highest BCUT2D eigenvalue weighted by Gasteiger charge is 2.60. The number of esters is 1. The van der Waals surface area contributed by atoms with Crippen LogP contribution in [0.2, 0.25) is 0 Å². The Bertz CT molecular complexity index is 677. The zero-order valence-corrected chi connectivity index (χ0v) is 18.5. The van der Waals surface area contributed by atoms with E-state index in [9.17, 15) is 4.79 Å². The van der Waals surface area contributed by atoms with E-state index in [2.05, 4.69) is 6.58 Å². The first-order valence-electron chi connectivity index (χ1n) is 10.2. The molecule has 0 radical (unpaired) electrons. The third-order valence-electron chi connectivity index (χ3n) is 5.32. The monoisotopic (exact) mass is 410 g/mol. The van der Waals surface area contributed by atoms with Crippen LogP contribution in [0.1, 0.15) is 54.9 Å². The van der Waals surface area contributed by atoms with Crippen molar-refractivity contribution < 1.29 is 33.2 Å². The van der Waals surface area contributed by atoms with Crippen LogP contribution in [0.25, 0.3) is 0 Å². The first-order valence-corrected chi connectivity index (χ1v) is 10.2. The molecule has 6 atom stereocenters. The smallest absolute Gasteiger partial charge is 0.313 e. The number of fused-ring (bicyclic) bond motifs is 1. The molecule has 0 unspecified atom stereocenters. The van der Waals surface area contributed by atoms with Crippen molar-refractivity contribution in [2.24, 2.45) is 5.92 Å². The number of ether oxygens (including phenoxy) is 6. The summed E-state index contributed by atoms with van der Waals surface area (Å²) in [6, 6.07) is 0. The predicted octanol–water partition coefficient (Wildman–Crippen LogP) is 3.47. The average Bonchev–Trinajstić information content (AvgIpc) is 3.17. The van der Waals surface area contributed by atoms with Gasteiger partial charge < -0.3 is 28.4 Å². The Kier molecular flexibility index (Phi) is 6.28. The van der Waals surface area contributed by atoms with Gasteiger partial charge in [0.15, 0.2) is 30.1 Å². The second-order valence-corrected chi connectivity index (χ2v) is 9.25. The van der Waals surface area contributed by atoms with Gasteiger partial charge in [0.05, 0.1) is 12.5 Å². The summed E-state index contributed by atoms with van der Waals surface area (Å²) in [5.41, 5.74) is 1.89. The van der Waals surface area contributed by atoms with Crippen molar-refractivity contribution in [1.29, 1.82) is 0 Å². The summed E-state index contributed by atoms with van der Waals surface area (Å²) in [6.45, 7) is 17.5. The van der Waals surface area contributed by atoms with Crippen molar-refractivity contribution in [2.75, 3.05) is 6.61 Å². The van der Waals surface area contributed by atoms with E-state index in [-0.39, 0.29) is 12.1 Å². The van der Waals surface area contributed by atoms with Gasteiger partial charge in [-0.25, -0.2) is 0 Å². The van der Waals surface area contributed by atoms with Crippen LogP contribution in [0.3, 0.4) is 0 Å². The van der Waals surface area contributed by atoms with Gasteiger partial charge in [-0.05, 0) is 54.9 Å². The van der Waals surface area contributed by atoms with Crippen LogP contribution >= 0.6 is 0 Å². The van der Waals surface area contributed by atoms with Crippen LogP contribution in [0.4, 0.5) is 0 Å². The molecule has 3 heterocycles. The Hall–Kier alpha value is -1.25.